The molecule has 2 aromatic carbocycles. The summed E-state index contributed by atoms with van der Waals surface area (Å²) in [5, 5.41) is 0. The molecule has 0 aliphatic carbocycles. The number of benzene rings is 2. The average Bonchev–Trinajstić information content (AvgIpc) is 2.60. The van der Waals surface area contributed by atoms with Gasteiger partial charge in [-0.1, -0.05) is 60.7 Å². The van der Waals surface area contributed by atoms with Crippen molar-refractivity contribution in [1.82, 2.24) is 4.90 Å². The van der Waals surface area contributed by atoms with Crippen LogP contribution >= 0.6 is 0 Å². The molecule has 4 heteroatoms. The molecule has 0 spiro atoms. The molecule has 2 aromatic rings. The van der Waals surface area contributed by atoms with Gasteiger partial charge in [0.25, 0.3) is 0 Å². The van der Waals surface area contributed by atoms with E-state index in [0.717, 1.165) is 11.1 Å². The van der Waals surface area contributed by atoms with Gasteiger partial charge in [-0.05, 0) is 18.1 Å². The molecule has 23 heavy (non-hydrogen) atoms. The number of rotatable bonds is 4. The van der Waals surface area contributed by atoms with E-state index in [2.05, 4.69) is 0 Å². The van der Waals surface area contributed by atoms with Crippen LogP contribution in [0, 0.1) is 0 Å². The van der Waals surface area contributed by atoms with Crippen molar-refractivity contribution >= 4 is 11.9 Å². The van der Waals surface area contributed by atoms with Crippen LogP contribution in [0.3, 0.4) is 0 Å². The highest BCUT2D eigenvalue weighted by Crippen LogP contribution is 2.47. The third kappa shape index (κ3) is 2.61. The zero-order valence-corrected chi connectivity index (χ0v) is 13.2. The second-order valence-corrected chi connectivity index (χ2v) is 5.69. The lowest BCUT2D eigenvalue weighted by Gasteiger charge is -2.49. The fourth-order valence-corrected chi connectivity index (χ4v) is 3.22. The minimum absolute atomic E-state index is 0.0389. The lowest BCUT2D eigenvalue weighted by atomic mass is 9.77. The predicted molar refractivity (Wildman–Crippen MR) is 86.7 cm³/mol. The zero-order chi connectivity index (χ0) is 16.4. The van der Waals surface area contributed by atoms with Gasteiger partial charge in [0.15, 0.2) is 0 Å². The number of hydrogen-bond acceptors (Lipinski definition) is 3. The van der Waals surface area contributed by atoms with Gasteiger partial charge in [-0.15, -0.1) is 0 Å². The van der Waals surface area contributed by atoms with Crippen molar-refractivity contribution in [2.75, 3.05) is 7.11 Å². The van der Waals surface area contributed by atoms with Crippen LogP contribution in [0.2, 0.25) is 0 Å². The van der Waals surface area contributed by atoms with Crippen LogP contribution in [0.1, 0.15) is 30.0 Å². The Kier molecular flexibility index (Phi) is 4.15. The quantitative estimate of drug-likeness (QED) is 0.644. The molecule has 1 aliphatic heterocycles. The number of likely N-dealkylation sites (tertiary alicyclic amines) is 1. The maximum absolute atomic E-state index is 12.7. The van der Waals surface area contributed by atoms with Gasteiger partial charge in [0.05, 0.1) is 19.1 Å². The highest BCUT2D eigenvalue weighted by molar-refractivity contribution is 5.95. The molecule has 118 valence electrons. The molecule has 1 amide bonds. The number of nitrogens with zero attached hydrogens (tertiary/aromatic N) is 1. The van der Waals surface area contributed by atoms with Crippen molar-refractivity contribution in [2.45, 2.75) is 24.9 Å². The fraction of sp³-hybridized carbons (Fsp3) is 0.263. The molecule has 1 unspecified atom stereocenters. The number of ether oxygens (including phenoxy) is 1. The van der Waals surface area contributed by atoms with E-state index in [0.29, 0.717) is 0 Å². The molecule has 3 atom stereocenters. The second-order valence-electron chi connectivity index (χ2n) is 5.69. The molecular formula is C19H19NO3. The van der Waals surface area contributed by atoms with Crippen LogP contribution in [0.5, 0.6) is 0 Å². The molecule has 3 rings (SSSR count). The summed E-state index contributed by atoms with van der Waals surface area (Å²) in [6.45, 7) is 1.71. The zero-order valence-electron chi connectivity index (χ0n) is 13.2. The Hall–Kier alpha value is -2.62. The van der Waals surface area contributed by atoms with Crippen LogP contribution in [-0.4, -0.2) is 29.9 Å². The van der Waals surface area contributed by atoms with E-state index >= 15 is 0 Å². The molecular weight excluding hydrogens is 290 g/mol. The Balaban J connectivity index is 1.99. The van der Waals surface area contributed by atoms with Crippen LogP contribution < -0.4 is 0 Å². The first kappa shape index (κ1) is 15.3. The van der Waals surface area contributed by atoms with Gasteiger partial charge < -0.3 is 9.64 Å². The Morgan fingerprint density at radius 2 is 1.52 bits per heavy atom. The van der Waals surface area contributed by atoms with Gasteiger partial charge in [0, 0.05) is 0 Å². The number of carbonyl (C=O) groups excluding carboxylic acids is 2. The topological polar surface area (TPSA) is 46.6 Å². The van der Waals surface area contributed by atoms with E-state index in [-0.39, 0.29) is 17.9 Å². The number of methoxy groups -OCH3 is 1. The van der Waals surface area contributed by atoms with Crippen molar-refractivity contribution in [3.8, 4) is 0 Å². The molecule has 0 radical (unpaired) electrons. The highest BCUT2D eigenvalue weighted by atomic mass is 16.5. The first-order chi connectivity index (χ1) is 11.1. The van der Waals surface area contributed by atoms with E-state index in [4.69, 9.17) is 4.74 Å². The molecule has 0 aromatic heterocycles. The van der Waals surface area contributed by atoms with Gasteiger partial charge in [-0.2, -0.15) is 0 Å². The molecule has 4 nitrogen and oxygen atoms in total. The molecule has 0 N–H and O–H groups in total. The molecule has 0 bridgehead atoms. The number of hydrogen-bond donors (Lipinski definition) is 0. The number of carbonyl (C=O) groups is 2. The molecule has 1 aliphatic rings. The summed E-state index contributed by atoms with van der Waals surface area (Å²) in [5.41, 5.74) is 2.00. The molecule has 1 fully saturated rings. The first-order valence-corrected chi connectivity index (χ1v) is 7.65. The normalized spacial score (nSPS) is 21.5. The summed E-state index contributed by atoms with van der Waals surface area (Å²) in [6, 6.07) is 18.8. The number of esters is 1. The average molecular weight is 309 g/mol. The van der Waals surface area contributed by atoms with Crippen molar-refractivity contribution in [3.63, 3.8) is 0 Å². The van der Waals surface area contributed by atoms with Crippen LogP contribution in [0.4, 0.5) is 0 Å². The summed E-state index contributed by atoms with van der Waals surface area (Å²) in [5.74, 6) is -0.695. The predicted octanol–water partition coefficient (Wildman–Crippen LogP) is 2.92. The number of amides is 1. The van der Waals surface area contributed by atoms with E-state index in [1.807, 2.05) is 60.7 Å². The van der Waals surface area contributed by atoms with Crippen LogP contribution in [-0.2, 0) is 14.3 Å². The summed E-state index contributed by atoms with van der Waals surface area (Å²) in [7, 11) is 1.34. The fourth-order valence-electron chi connectivity index (χ4n) is 3.22. The lowest BCUT2D eigenvalue weighted by molar-refractivity contribution is -0.165. The summed E-state index contributed by atoms with van der Waals surface area (Å²) in [4.78, 5) is 26.2. The van der Waals surface area contributed by atoms with Gasteiger partial charge >= 0.3 is 5.97 Å². The first-order valence-electron chi connectivity index (χ1n) is 7.65. The van der Waals surface area contributed by atoms with Gasteiger partial charge in [-0.25, -0.2) is 4.79 Å². The van der Waals surface area contributed by atoms with Crippen molar-refractivity contribution < 1.29 is 14.3 Å². The molecule has 1 heterocycles. The van der Waals surface area contributed by atoms with Gasteiger partial charge in [-0.3, -0.25) is 4.79 Å². The van der Waals surface area contributed by atoms with E-state index in [9.17, 15) is 9.59 Å². The maximum atomic E-state index is 12.7. The van der Waals surface area contributed by atoms with Gasteiger partial charge in [0.1, 0.15) is 6.04 Å². The van der Waals surface area contributed by atoms with E-state index < -0.39 is 12.0 Å². The van der Waals surface area contributed by atoms with Crippen molar-refractivity contribution in [3.05, 3.63) is 71.8 Å². The van der Waals surface area contributed by atoms with Crippen LogP contribution in [0.25, 0.3) is 0 Å². The van der Waals surface area contributed by atoms with Gasteiger partial charge in [0.2, 0.25) is 5.91 Å². The lowest BCUT2D eigenvalue weighted by Crippen LogP contribution is -2.59. The smallest absolute Gasteiger partial charge is 0.328 e. The highest BCUT2D eigenvalue weighted by Gasteiger charge is 2.52. The van der Waals surface area contributed by atoms with Crippen LogP contribution in [0.15, 0.2) is 60.7 Å². The third-order valence-corrected chi connectivity index (χ3v) is 4.40. The summed E-state index contributed by atoms with van der Waals surface area (Å²) >= 11 is 0. The number of β-lactam (4-membered cyclic amide) rings is 1. The standard InChI is InChI=1S/C19H19NO3/c1-13(19(22)23-2)20-17(15-11-7-4-8-12-15)16(18(20)21)14-9-5-3-6-10-14/h3-13,16-17H,1-2H3/t13?,16-,17-/m1/s1. The van der Waals surface area contributed by atoms with E-state index in [1.165, 1.54) is 7.11 Å². The second kappa shape index (κ2) is 6.24. The summed E-state index contributed by atoms with van der Waals surface area (Å²) in [6.07, 6.45) is 0. The van der Waals surface area contributed by atoms with Crippen molar-refractivity contribution in [1.29, 1.82) is 0 Å². The Labute approximate surface area is 135 Å². The largest absolute Gasteiger partial charge is 0.467 e. The van der Waals surface area contributed by atoms with E-state index in [1.54, 1.807) is 11.8 Å². The molecule has 1 saturated heterocycles. The monoisotopic (exact) mass is 309 g/mol. The third-order valence-electron chi connectivity index (χ3n) is 4.40. The Morgan fingerprint density at radius 1 is 1.00 bits per heavy atom. The minimum atomic E-state index is -0.599. The maximum Gasteiger partial charge on any atom is 0.328 e. The summed E-state index contributed by atoms with van der Waals surface area (Å²) < 4.78 is 4.81. The Bertz CT molecular complexity index is 699. The minimum Gasteiger partial charge on any atom is -0.467 e. The van der Waals surface area contributed by atoms with Crippen molar-refractivity contribution in [2.24, 2.45) is 0 Å². The SMILES string of the molecule is COC(=O)C(C)N1C(=O)[C@H](c2ccccc2)[C@H]1c1ccccc1. The Morgan fingerprint density at radius 3 is 2.04 bits per heavy atom. The molecule has 0 saturated carbocycles.